The summed E-state index contributed by atoms with van der Waals surface area (Å²) in [7, 11) is 0. The minimum atomic E-state index is -0.707. The second-order valence-electron chi connectivity index (χ2n) is 2.73. The first-order valence-corrected chi connectivity index (χ1v) is 3.73. The number of nitrogens with zero attached hydrogens (tertiary/aromatic N) is 1. The van der Waals surface area contributed by atoms with Crippen LogP contribution < -0.4 is 0 Å². The molecule has 0 spiro atoms. The molecule has 4 heteroatoms. The van der Waals surface area contributed by atoms with Gasteiger partial charge in [0.15, 0.2) is 0 Å². The number of carboxylic acids is 1. The second kappa shape index (κ2) is 6.23. The van der Waals surface area contributed by atoms with Crippen molar-refractivity contribution in [2.45, 2.75) is 19.3 Å². The molecule has 1 saturated heterocycles. The monoisotopic (exact) mass is 185 g/mol. The first kappa shape index (κ1) is 11.7. The summed E-state index contributed by atoms with van der Waals surface area (Å²) < 4.78 is 0. The largest absolute Gasteiger partial charge is 2.00 e. The zero-order chi connectivity index (χ0) is 7.40. The fourth-order valence-electron chi connectivity index (χ4n) is 1.31. The van der Waals surface area contributed by atoms with E-state index in [2.05, 4.69) is 0 Å². The van der Waals surface area contributed by atoms with E-state index in [9.17, 15) is 4.79 Å². The van der Waals surface area contributed by atoms with Gasteiger partial charge in [-0.15, -0.1) is 0 Å². The molecule has 62 valence electrons. The van der Waals surface area contributed by atoms with Gasteiger partial charge in [-0.3, -0.25) is 9.69 Å². The first-order valence-electron chi connectivity index (χ1n) is 3.73. The van der Waals surface area contributed by atoms with Crippen LogP contribution >= 0.6 is 0 Å². The molecule has 1 fully saturated rings. The van der Waals surface area contributed by atoms with Crippen LogP contribution in [0.4, 0.5) is 0 Å². The van der Waals surface area contributed by atoms with E-state index >= 15 is 0 Å². The summed E-state index contributed by atoms with van der Waals surface area (Å²) in [5.74, 6) is -0.707. The molecule has 0 unspecified atom stereocenters. The summed E-state index contributed by atoms with van der Waals surface area (Å²) in [5.41, 5.74) is 0. The zero-order valence-corrected chi connectivity index (χ0v) is 8.96. The van der Waals surface area contributed by atoms with Gasteiger partial charge in [0, 0.05) is 0 Å². The maximum absolute atomic E-state index is 10.2. The summed E-state index contributed by atoms with van der Waals surface area (Å²) in [5, 5.41) is 8.42. The van der Waals surface area contributed by atoms with E-state index in [1.54, 1.807) is 0 Å². The molecule has 0 amide bonds. The van der Waals surface area contributed by atoms with Crippen molar-refractivity contribution in [3.63, 3.8) is 0 Å². The molecule has 1 aliphatic rings. The van der Waals surface area contributed by atoms with E-state index < -0.39 is 5.97 Å². The van der Waals surface area contributed by atoms with Crippen LogP contribution in [0.5, 0.6) is 0 Å². The fourth-order valence-corrected chi connectivity index (χ4v) is 1.31. The van der Waals surface area contributed by atoms with Crippen LogP contribution in [0, 0.1) is 0 Å². The third kappa shape index (κ3) is 5.01. The van der Waals surface area contributed by atoms with Gasteiger partial charge in [-0.25, -0.2) is 0 Å². The Balaban J connectivity index is -0.000000333. The molecular weight excluding hydrogens is 170 g/mol. The molecule has 11 heavy (non-hydrogen) atoms. The van der Waals surface area contributed by atoms with Crippen molar-refractivity contribution < 1.29 is 12.8 Å². The van der Waals surface area contributed by atoms with Crippen LogP contribution in [-0.2, 0) is 4.79 Å². The summed E-state index contributed by atoms with van der Waals surface area (Å²) in [6, 6.07) is 0. The number of hydrogen-bond acceptors (Lipinski definition) is 2. The van der Waals surface area contributed by atoms with E-state index in [0.717, 1.165) is 25.9 Å². The molecule has 0 aromatic carbocycles. The van der Waals surface area contributed by atoms with E-state index in [-0.39, 0.29) is 47.1 Å². The number of carboxylic acid groups (broad SMARTS) is 1. The average molecular weight is 185 g/mol. The van der Waals surface area contributed by atoms with E-state index in [4.69, 9.17) is 5.11 Å². The van der Waals surface area contributed by atoms with Crippen molar-refractivity contribution in [1.29, 1.82) is 0 Å². The van der Waals surface area contributed by atoms with Gasteiger partial charge in [0.2, 0.25) is 0 Å². The minimum absolute atomic E-state index is 0. The Kier molecular flexibility index (Phi) is 6.62. The molecule has 0 aromatic rings. The number of hydrogen-bond donors (Lipinski definition) is 1. The molecule has 1 rings (SSSR count). The summed E-state index contributed by atoms with van der Waals surface area (Å²) >= 11 is 0. The van der Waals surface area contributed by atoms with Crippen molar-refractivity contribution >= 4 is 43.7 Å². The Hall–Kier alpha value is 0.690. The minimum Gasteiger partial charge on any atom is -1.00 e. The van der Waals surface area contributed by atoms with Crippen molar-refractivity contribution in [2.24, 2.45) is 0 Å². The molecule has 1 heterocycles. The predicted molar refractivity (Wildman–Crippen MR) is 45.9 cm³/mol. The topological polar surface area (TPSA) is 40.5 Å². The summed E-state index contributed by atoms with van der Waals surface area (Å²) in [6.07, 6.45) is 3.58. The number of likely N-dealkylation sites (tertiary alicyclic amines) is 1. The van der Waals surface area contributed by atoms with Gasteiger partial charge < -0.3 is 7.96 Å². The van der Waals surface area contributed by atoms with E-state index in [1.807, 2.05) is 4.90 Å². The quantitative estimate of drug-likeness (QED) is 0.633. The van der Waals surface area contributed by atoms with E-state index in [0.29, 0.717) is 0 Å². The van der Waals surface area contributed by atoms with Gasteiger partial charge in [0.1, 0.15) is 0 Å². The zero-order valence-electron chi connectivity index (χ0n) is 8.75. The maximum Gasteiger partial charge on any atom is 2.00 e. The van der Waals surface area contributed by atoms with Crippen LogP contribution in [-0.4, -0.2) is 73.3 Å². The van der Waals surface area contributed by atoms with Crippen LogP contribution in [0.2, 0.25) is 0 Å². The maximum atomic E-state index is 10.2. The molecule has 3 nitrogen and oxygen atoms in total. The first-order chi connectivity index (χ1) is 4.79. The third-order valence-corrected chi connectivity index (χ3v) is 1.81. The normalized spacial score (nSPS) is 18.9. The van der Waals surface area contributed by atoms with Gasteiger partial charge in [0.05, 0.1) is 6.54 Å². The number of aliphatic carboxylic acids is 1. The molecule has 0 radical (unpaired) electrons. The van der Waals surface area contributed by atoms with Crippen molar-refractivity contribution in [3.8, 4) is 0 Å². The fraction of sp³-hybridized carbons (Fsp3) is 0.857. The second-order valence-corrected chi connectivity index (χ2v) is 2.73. The van der Waals surface area contributed by atoms with Crippen LogP contribution in [0.25, 0.3) is 0 Å². The summed E-state index contributed by atoms with van der Waals surface area (Å²) in [4.78, 5) is 12.2. The van der Waals surface area contributed by atoms with Crippen LogP contribution in [0.3, 0.4) is 0 Å². The Morgan fingerprint density at radius 2 is 1.91 bits per heavy atom. The van der Waals surface area contributed by atoms with Crippen molar-refractivity contribution in [3.05, 3.63) is 0 Å². The standard InChI is InChI=1S/C7H13NO2.Ca.2H/c9-7(10)6-8-4-2-1-3-5-8;;;/h1-6H2,(H,9,10);;;/q;+2;2*-1. The van der Waals surface area contributed by atoms with Gasteiger partial charge in [-0.05, 0) is 25.9 Å². The Bertz CT molecular complexity index is 132. The number of piperidine rings is 1. The Labute approximate surface area is 99.7 Å². The number of rotatable bonds is 2. The van der Waals surface area contributed by atoms with Crippen molar-refractivity contribution in [2.75, 3.05) is 19.6 Å². The van der Waals surface area contributed by atoms with Gasteiger partial charge in [-0.1, -0.05) is 6.42 Å². The molecule has 0 saturated carbocycles. The summed E-state index contributed by atoms with van der Waals surface area (Å²) in [6.45, 7) is 2.15. The average Bonchev–Trinajstić information content (AvgIpc) is 1.88. The van der Waals surface area contributed by atoms with Crippen LogP contribution in [0.15, 0.2) is 0 Å². The van der Waals surface area contributed by atoms with Crippen LogP contribution in [0.1, 0.15) is 22.1 Å². The smallest absolute Gasteiger partial charge is 1.00 e. The molecular formula is C7H15CaNO2. The molecule has 1 aliphatic heterocycles. The molecule has 0 aromatic heterocycles. The predicted octanol–water partition coefficient (Wildman–Crippen LogP) is 0.401. The molecule has 0 bridgehead atoms. The SMILES string of the molecule is O=C(O)CN1CCCCC1.[Ca+2].[H-].[H-]. The van der Waals surface area contributed by atoms with Gasteiger partial charge in [-0.2, -0.15) is 0 Å². The Morgan fingerprint density at radius 1 is 1.36 bits per heavy atom. The van der Waals surface area contributed by atoms with Crippen molar-refractivity contribution in [1.82, 2.24) is 4.90 Å². The molecule has 0 aliphatic carbocycles. The van der Waals surface area contributed by atoms with E-state index in [1.165, 1.54) is 6.42 Å². The number of carbonyl (C=O) groups is 1. The molecule has 1 N–H and O–H groups in total. The Morgan fingerprint density at radius 3 is 2.36 bits per heavy atom. The third-order valence-electron chi connectivity index (χ3n) is 1.81. The molecule has 0 atom stereocenters. The van der Waals surface area contributed by atoms with Gasteiger partial charge >= 0.3 is 43.7 Å². The van der Waals surface area contributed by atoms with Gasteiger partial charge in [0.25, 0.3) is 0 Å².